The van der Waals surface area contributed by atoms with Crippen LogP contribution in [0.5, 0.6) is 0 Å². The molecule has 2 aromatic heterocycles. The number of benzene rings is 1. The lowest BCUT2D eigenvalue weighted by atomic mass is 10.1. The van der Waals surface area contributed by atoms with Gasteiger partial charge in [0.1, 0.15) is 5.82 Å². The van der Waals surface area contributed by atoms with Gasteiger partial charge in [0.25, 0.3) is 0 Å². The van der Waals surface area contributed by atoms with Gasteiger partial charge in [0.15, 0.2) is 5.82 Å². The molecule has 5 nitrogen and oxygen atoms in total. The number of rotatable bonds is 3. The first kappa shape index (κ1) is 13.9. The molecule has 23 heavy (non-hydrogen) atoms. The third-order valence-electron chi connectivity index (χ3n) is 4.33. The molecule has 1 fully saturated rings. The molecule has 1 aliphatic rings. The van der Waals surface area contributed by atoms with Crippen LogP contribution in [0.15, 0.2) is 55.0 Å². The van der Waals surface area contributed by atoms with Gasteiger partial charge in [0.2, 0.25) is 0 Å². The molecular weight excluding hydrogens is 286 g/mol. The van der Waals surface area contributed by atoms with Gasteiger partial charge in [-0.2, -0.15) is 5.10 Å². The van der Waals surface area contributed by atoms with E-state index in [-0.39, 0.29) is 0 Å². The summed E-state index contributed by atoms with van der Waals surface area (Å²) >= 11 is 0. The predicted molar refractivity (Wildman–Crippen MR) is 90.0 cm³/mol. The molecule has 0 bridgehead atoms. The van der Waals surface area contributed by atoms with Crippen molar-refractivity contribution < 1.29 is 0 Å². The Morgan fingerprint density at radius 1 is 1.13 bits per heavy atom. The van der Waals surface area contributed by atoms with Gasteiger partial charge in [-0.1, -0.05) is 30.3 Å². The number of nitrogens with zero attached hydrogens (tertiary/aromatic N) is 5. The maximum Gasteiger partial charge on any atom is 0.161 e. The van der Waals surface area contributed by atoms with E-state index in [1.165, 1.54) is 12.0 Å². The second kappa shape index (κ2) is 5.83. The van der Waals surface area contributed by atoms with Crippen LogP contribution in [0.25, 0.3) is 11.4 Å². The van der Waals surface area contributed by atoms with Gasteiger partial charge in [0.05, 0.1) is 12.2 Å². The van der Waals surface area contributed by atoms with E-state index in [1.807, 2.05) is 60.5 Å². The Bertz CT molecular complexity index is 796. The van der Waals surface area contributed by atoms with E-state index in [2.05, 4.69) is 21.2 Å². The first-order valence-electron chi connectivity index (χ1n) is 7.95. The standard InChI is InChI=1S/C18H19N5/c1-22-13-15(12-20-22)16-8-5-11-23(16)17-9-10-19-18(21-17)14-6-3-2-4-7-14/h2-4,6-7,9-10,12-13,16H,5,8,11H2,1H3/t16-/m0/s1. The van der Waals surface area contributed by atoms with Crippen molar-refractivity contribution in [3.8, 4) is 11.4 Å². The fraction of sp³-hybridized carbons (Fsp3) is 0.278. The van der Waals surface area contributed by atoms with Crippen LogP contribution in [0.4, 0.5) is 5.82 Å². The van der Waals surface area contributed by atoms with E-state index in [4.69, 9.17) is 4.98 Å². The van der Waals surface area contributed by atoms with E-state index in [9.17, 15) is 0 Å². The van der Waals surface area contributed by atoms with Crippen LogP contribution >= 0.6 is 0 Å². The highest BCUT2D eigenvalue weighted by Crippen LogP contribution is 2.35. The maximum absolute atomic E-state index is 4.80. The molecule has 3 heterocycles. The number of aryl methyl sites for hydroxylation is 1. The zero-order valence-corrected chi connectivity index (χ0v) is 13.1. The number of anilines is 1. The Balaban J connectivity index is 1.67. The monoisotopic (exact) mass is 305 g/mol. The lowest BCUT2D eigenvalue weighted by molar-refractivity contribution is 0.707. The van der Waals surface area contributed by atoms with E-state index in [1.54, 1.807) is 0 Å². The van der Waals surface area contributed by atoms with E-state index in [0.29, 0.717) is 6.04 Å². The molecule has 0 N–H and O–H groups in total. The topological polar surface area (TPSA) is 46.8 Å². The SMILES string of the molecule is Cn1cc([C@@H]2CCCN2c2ccnc(-c3ccccc3)n2)cn1. The summed E-state index contributed by atoms with van der Waals surface area (Å²) in [6.45, 7) is 1.02. The summed E-state index contributed by atoms with van der Waals surface area (Å²) in [6, 6.07) is 12.5. The Kier molecular flexibility index (Phi) is 3.54. The zero-order valence-electron chi connectivity index (χ0n) is 13.1. The van der Waals surface area contributed by atoms with Gasteiger partial charge in [-0.3, -0.25) is 4.68 Å². The molecule has 3 aromatic rings. The number of hydrogen-bond acceptors (Lipinski definition) is 4. The van der Waals surface area contributed by atoms with E-state index >= 15 is 0 Å². The second-order valence-corrected chi connectivity index (χ2v) is 5.90. The van der Waals surface area contributed by atoms with Gasteiger partial charge < -0.3 is 4.90 Å². The van der Waals surface area contributed by atoms with Crippen LogP contribution in [0.2, 0.25) is 0 Å². The average molecular weight is 305 g/mol. The minimum atomic E-state index is 0.349. The quantitative estimate of drug-likeness (QED) is 0.745. The Labute approximate surface area is 135 Å². The molecule has 116 valence electrons. The van der Waals surface area contributed by atoms with E-state index < -0.39 is 0 Å². The predicted octanol–water partition coefficient (Wildman–Crippen LogP) is 3.22. The first-order valence-corrected chi connectivity index (χ1v) is 7.95. The molecule has 1 aromatic carbocycles. The van der Waals surface area contributed by atoms with Crippen molar-refractivity contribution in [2.24, 2.45) is 7.05 Å². The van der Waals surface area contributed by atoms with Gasteiger partial charge in [0, 0.05) is 37.1 Å². The summed E-state index contributed by atoms with van der Waals surface area (Å²) in [7, 11) is 1.96. The van der Waals surface area contributed by atoms with Crippen molar-refractivity contribution in [1.82, 2.24) is 19.7 Å². The summed E-state index contributed by atoms with van der Waals surface area (Å²) < 4.78 is 1.86. The molecule has 4 rings (SSSR count). The smallest absolute Gasteiger partial charge is 0.161 e. The van der Waals surface area contributed by atoms with Crippen LogP contribution in [0.1, 0.15) is 24.4 Å². The summed E-state index contributed by atoms with van der Waals surface area (Å²) in [6.07, 6.45) is 8.22. The van der Waals surface area contributed by atoms with Crippen molar-refractivity contribution in [1.29, 1.82) is 0 Å². The minimum Gasteiger partial charge on any atom is -0.349 e. The Morgan fingerprint density at radius 2 is 2.00 bits per heavy atom. The molecule has 1 atom stereocenters. The molecule has 0 saturated carbocycles. The van der Waals surface area contributed by atoms with Gasteiger partial charge in [-0.15, -0.1) is 0 Å². The minimum absolute atomic E-state index is 0.349. The fourth-order valence-electron chi connectivity index (χ4n) is 3.24. The molecule has 0 unspecified atom stereocenters. The van der Waals surface area contributed by atoms with Gasteiger partial charge in [-0.25, -0.2) is 9.97 Å². The van der Waals surface area contributed by atoms with Crippen LogP contribution < -0.4 is 4.90 Å². The summed E-state index contributed by atoms with van der Waals surface area (Å²) in [5.41, 5.74) is 2.30. The summed E-state index contributed by atoms with van der Waals surface area (Å²) in [4.78, 5) is 11.6. The molecule has 0 spiro atoms. The third-order valence-corrected chi connectivity index (χ3v) is 4.33. The first-order chi connectivity index (χ1) is 11.3. The third kappa shape index (κ3) is 2.70. The lowest BCUT2D eigenvalue weighted by Crippen LogP contribution is -2.23. The Hall–Kier alpha value is -2.69. The van der Waals surface area contributed by atoms with Crippen LogP contribution in [0, 0.1) is 0 Å². The molecule has 0 radical (unpaired) electrons. The van der Waals surface area contributed by atoms with Crippen molar-refractivity contribution in [2.75, 3.05) is 11.4 Å². The van der Waals surface area contributed by atoms with Crippen molar-refractivity contribution in [3.63, 3.8) is 0 Å². The van der Waals surface area contributed by atoms with Gasteiger partial charge in [-0.05, 0) is 18.9 Å². The van der Waals surface area contributed by atoms with Gasteiger partial charge >= 0.3 is 0 Å². The van der Waals surface area contributed by atoms with Crippen molar-refractivity contribution >= 4 is 5.82 Å². The van der Waals surface area contributed by atoms with Crippen LogP contribution in [0.3, 0.4) is 0 Å². The van der Waals surface area contributed by atoms with Crippen LogP contribution in [-0.4, -0.2) is 26.3 Å². The number of hydrogen-bond donors (Lipinski definition) is 0. The zero-order chi connectivity index (χ0) is 15.6. The fourth-order valence-corrected chi connectivity index (χ4v) is 3.24. The summed E-state index contributed by atoms with van der Waals surface area (Å²) in [5.74, 6) is 1.77. The largest absolute Gasteiger partial charge is 0.349 e. The lowest BCUT2D eigenvalue weighted by Gasteiger charge is -2.25. The molecule has 0 amide bonds. The highest BCUT2D eigenvalue weighted by molar-refractivity contribution is 5.57. The van der Waals surface area contributed by atoms with Crippen molar-refractivity contribution in [3.05, 3.63) is 60.6 Å². The number of aromatic nitrogens is 4. The van der Waals surface area contributed by atoms with E-state index in [0.717, 1.165) is 30.2 Å². The average Bonchev–Trinajstić information content (AvgIpc) is 3.24. The summed E-state index contributed by atoms with van der Waals surface area (Å²) in [5, 5.41) is 4.31. The van der Waals surface area contributed by atoms with Crippen molar-refractivity contribution in [2.45, 2.75) is 18.9 Å². The second-order valence-electron chi connectivity index (χ2n) is 5.90. The molecule has 1 saturated heterocycles. The molecular formula is C18H19N5. The maximum atomic E-state index is 4.80. The molecule has 5 heteroatoms. The Morgan fingerprint density at radius 3 is 2.78 bits per heavy atom. The highest BCUT2D eigenvalue weighted by Gasteiger charge is 2.28. The van der Waals surface area contributed by atoms with Crippen LogP contribution in [-0.2, 0) is 7.05 Å². The highest BCUT2D eigenvalue weighted by atomic mass is 15.3. The molecule has 0 aliphatic carbocycles. The normalized spacial score (nSPS) is 17.6. The molecule has 1 aliphatic heterocycles.